The van der Waals surface area contributed by atoms with Gasteiger partial charge in [-0.15, -0.1) is 0 Å². The largest absolute Gasteiger partial charge is 0.0654 e. The van der Waals surface area contributed by atoms with Crippen LogP contribution in [0.4, 0.5) is 0 Å². The quantitative estimate of drug-likeness (QED) is 0.592. The fourth-order valence-electron chi connectivity index (χ4n) is 2.37. The lowest BCUT2D eigenvalue weighted by Crippen LogP contribution is -1.97. The van der Waals surface area contributed by atoms with Gasteiger partial charge in [0.25, 0.3) is 0 Å². The average Bonchev–Trinajstić information content (AvgIpc) is 2.30. The molecule has 0 heteroatoms. The molecule has 90 valence electrons. The highest BCUT2D eigenvalue weighted by Gasteiger charge is 2.08. The molecule has 0 aromatic heterocycles. The molecule has 0 N–H and O–H groups in total. The Kier molecular flexibility index (Phi) is 5.59. The summed E-state index contributed by atoms with van der Waals surface area (Å²) in [4.78, 5) is 0. The van der Waals surface area contributed by atoms with Crippen LogP contribution in [0.2, 0.25) is 0 Å². The van der Waals surface area contributed by atoms with E-state index in [1.165, 1.54) is 36.8 Å². The molecule has 16 heavy (non-hydrogen) atoms. The van der Waals surface area contributed by atoms with Crippen LogP contribution >= 0.6 is 0 Å². The number of benzene rings is 1. The standard InChI is InChI=1S/C16H26/c1-5-8-13(3)15-10-7-11-16(12-15)14(4)9-6-2/h7,10-14H,5-6,8-9H2,1-4H3. The van der Waals surface area contributed by atoms with Crippen molar-refractivity contribution in [2.75, 3.05) is 0 Å². The molecular weight excluding hydrogens is 192 g/mol. The second-order valence-corrected chi connectivity index (χ2v) is 5.05. The first kappa shape index (κ1) is 13.3. The number of hydrogen-bond acceptors (Lipinski definition) is 0. The summed E-state index contributed by atoms with van der Waals surface area (Å²) in [5.41, 5.74) is 3.03. The first-order valence-corrected chi connectivity index (χ1v) is 6.78. The van der Waals surface area contributed by atoms with Gasteiger partial charge in [0.1, 0.15) is 0 Å². The van der Waals surface area contributed by atoms with Crippen molar-refractivity contribution >= 4 is 0 Å². The summed E-state index contributed by atoms with van der Waals surface area (Å²) in [6.45, 7) is 9.21. The van der Waals surface area contributed by atoms with E-state index in [0.29, 0.717) is 11.8 Å². The Labute approximate surface area is 101 Å². The van der Waals surface area contributed by atoms with Crippen LogP contribution in [0.3, 0.4) is 0 Å². The highest BCUT2D eigenvalue weighted by molar-refractivity contribution is 5.28. The van der Waals surface area contributed by atoms with Gasteiger partial charge >= 0.3 is 0 Å². The Morgan fingerprint density at radius 3 is 1.69 bits per heavy atom. The highest BCUT2D eigenvalue weighted by atomic mass is 14.1. The zero-order valence-electron chi connectivity index (χ0n) is 11.3. The van der Waals surface area contributed by atoms with Crippen molar-refractivity contribution in [3.63, 3.8) is 0 Å². The minimum atomic E-state index is 0.707. The van der Waals surface area contributed by atoms with Crippen molar-refractivity contribution in [1.29, 1.82) is 0 Å². The van der Waals surface area contributed by atoms with Gasteiger partial charge in [0.15, 0.2) is 0 Å². The molecule has 2 atom stereocenters. The molecule has 0 aliphatic heterocycles. The van der Waals surface area contributed by atoms with Crippen LogP contribution in [0.1, 0.15) is 76.3 Å². The van der Waals surface area contributed by atoms with E-state index in [9.17, 15) is 0 Å². The van der Waals surface area contributed by atoms with Gasteiger partial charge in [-0.1, -0.05) is 64.8 Å². The van der Waals surface area contributed by atoms with Crippen LogP contribution in [0, 0.1) is 0 Å². The molecule has 2 unspecified atom stereocenters. The van der Waals surface area contributed by atoms with Crippen molar-refractivity contribution in [3.05, 3.63) is 35.4 Å². The molecule has 0 heterocycles. The third kappa shape index (κ3) is 3.66. The second kappa shape index (κ2) is 6.73. The highest BCUT2D eigenvalue weighted by Crippen LogP contribution is 2.26. The topological polar surface area (TPSA) is 0 Å². The lowest BCUT2D eigenvalue weighted by molar-refractivity contribution is 0.648. The molecule has 0 bridgehead atoms. The van der Waals surface area contributed by atoms with Gasteiger partial charge in [-0.3, -0.25) is 0 Å². The van der Waals surface area contributed by atoms with Crippen LogP contribution in [-0.4, -0.2) is 0 Å². The molecule has 0 nitrogen and oxygen atoms in total. The Morgan fingerprint density at radius 2 is 1.31 bits per heavy atom. The van der Waals surface area contributed by atoms with Crippen LogP contribution in [0.25, 0.3) is 0 Å². The molecule has 0 saturated heterocycles. The minimum absolute atomic E-state index is 0.707. The summed E-state index contributed by atoms with van der Waals surface area (Å²) in [6, 6.07) is 9.20. The molecule has 0 aliphatic rings. The van der Waals surface area contributed by atoms with Gasteiger partial charge in [-0.05, 0) is 35.8 Å². The minimum Gasteiger partial charge on any atom is -0.0654 e. The fraction of sp³-hybridized carbons (Fsp3) is 0.625. The summed E-state index contributed by atoms with van der Waals surface area (Å²) in [5, 5.41) is 0. The summed E-state index contributed by atoms with van der Waals surface area (Å²) >= 11 is 0. The average molecular weight is 218 g/mol. The van der Waals surface area contributed by atoms with E-state index in [0.717, 1.165) is 0 Å². The predicted octanol–water partition coefficient (Wildman–Crippen LogP) is 5.49. The van der Waals surface area contributed by atoms with Crippen molar-refractivity contribution in [1.82, 2.24) is 0 Å². The molecule has 0 fully saturated rings. The molecule has 0 amide bonds. The molecule has 0 saturated carbocycles. The van der Waals surface area contributed by atoms with E-state index in [1.807, 2.05) is 0 Å². The Hall–Kier alpha value is -0.780. The van der Waals surface area contributed by atoms with E-state index < -0.39 is 0 Å². The maximum atomic E-state index is 2.42. The van der Waals surface area contributed by atoms with Crippen LogP contribution in [-0.2, 0) is 0 Å². The van der Waals surface area contributed by atoms with E-state index in [2.05, 4.69) is 52.0 Å². The molecule has 1 aromatic rings. The summed E-state index contributed by atoms with van der Waals surface area (Å²) in [6.07, 6.45) is 5.14. The summed E-state index contributed by atoms with van der Waals surface area (Å²) < 4.78 is 0. The van der Waals surface area contributed by atoms with Crippen LogP contribution in [0.15, 0.2) is 24.3 Å². The molecular formula is C16H26. The lowest BCUT2D eigenvalue weighted by Gasteiger charge is -2.15. The normalized spacial score (nSPS) is 14.8. The maximum Gasteiger partial charge on any atom is -0.0190 e. The van der Waals surface area contributed by atoms with Gasteiger partial charge in [-0.25, -0.2) is 0 Å². The van der Waals surface area contributed by atoms with Crippen molar-refractivity contribution in [3.8, 4) is 0 Å². The number of rotatable bonds is 6. The smallest absolute Gasteiger partial charge is 0.0190 e. The first-order valence-electron chi connectivity index (χ1n) is 6.78. The SMILES string of the molecule is CCCC(C)c1cccc(C(C)CCC)c1. The van der Waals surface area contributed by atoms with E-state index in [4.69, 9.17) is 0 Å². The second-order valence-electron chi connectivity index (χ2n) is 5.05. The molecule has 0 radical (unpaired) electrons. The number of hydrogen-bond donors (Lipinski definition) is 0. The molecule has 0 aliphatic carbocycles. The van der Waals surface area contributed by atoms with E-state index in [1.54, 1.807) is 0 Å². The van der Waals surface area contributed by atoms with Gasteiger partial charge in [-0.2, -0.15) is 0 Å². The van der Waals surface area contributed by atoms with Crippen molar-refractivity contribution in [2.24, 2.45) is 0 Å². The van der Waals surface area contributed by atoms with Gasteiger partial charge in [0, 0.05) is 0 Å². The Bertz CT molecular complexity index is 273. The Morgan fingerprint density at radius 1 is 0.875 bits per heavy atom. The van der Waals surface area contributed by atoms with Crippen LogP contribution in [0.5, 0.6) is 0 Å². The summed E-state index contributed by atoms with van der Waals surface area (Å²) in [5.74, 6) is 1.41. The molecule has 0 spiro atoms. The van der Waals surface area contributed by atoms with Crippen molar-refractivity contribution in [2.45, 2.75) is 65.2 Å². The zero-order valence-corrected chi connectivity index (χ0v) is 11.3. The third-order valence-electron chi connectivity index (χ3n) is 3.49. The van der Waals surface area contributed by atoms with Gasteiger partial charge in [0.2, 0.25) is 0 Å². The van der Waals surface area contributed by atoms with Crippen LogP contribution < -0.4 is 0 Å². The summed E-state index contributed by atoms with van der Waals surface area (Å²) in [7, 11) is 0. The van der Waals surface area contributed by atoms with E-state index >= 15 is 0 Å². The fourth-order valence-corrected chi connectivity index (χ4v) is 2.37. The van der Waals surface area contributed by atoms with Gasteiger partial charge < -0.3 is 0 Å². The first-order chi connectivity index (χ1) is 7.69. The van der Waals surface area contributed by atoms with E-state index in [-0.39, 0.29) is 0 Å². The molecule has 1 rings (SSSR count). The van der Waals surface area contributed by atoms with Crippen molar-refractivity contribution < 1.29 is 0 Å². The Balaban J connectivity index is 2.77. The maximum absolute atomic E-state index is 2.42. The van der Waals surface area contributed by atoms with Gasteiger partial charge in [0.05, 0.1) is 0 Å². The predicted molar refractivity (Wildman–Crippen MR) is 73.1 cm³/mol. The molecule has 1 aromatic carbocycles. The zero-order chi connectivity index (χ0) is 12.0. The third-order valence-corrected chi connectivity index (χ3v) is 3.49. The lowest BCUT2D eigenvalue weighted by atomic mass is 9.90. The monoisotopic (exact) mass is 218 g/mol.